The Balaban J connectivity index is 1.93. The molecule has 0 amide bonds. The average Bonchev–Trinajstić information content (AvgIpc) is 3.19. The van der Waals surface area contributed by atoms with E-state index in [9.17, 15) is 21.6 Å². The van der Waals surface area contributed by atoms with Crippen molar-refractivity contribution in [2.45, 2.75) is 30.2 Å². The van der Waals surface area contributed by atoms with Gasteiger partial charge in [0.25, 0.3) is 0 Å². The average molecular weight is 308 g/mol. The van der Waals surface area contributed by atoms with Crippen LogP contribution >= 0.6 is 0 Å². The van der Waals surface area contributed by atoms with Gasteiger partial charge in [-0.05, 0) is 37.9 Å². The zero-order valence-electron chi connectivity index (χ0n) is 10.6. The minimum absolute atomic E-state index is 0.0977. The maximum Gasteiger partial charge on any atom is 0.243 e. The van der Waals surface area contributed by atoms with Gasteiger partial charge in [-0.25, -0.2) is 26.3 Å². The molecule has 0 bridgehead atoms. The van der Waals surface area contributed by atoms with Gasteiger partial charge in [0.1, 0.15) is 4.90 Å². The molecule has 4 nitrogen and oxygen atoms in total. The first kappa shape index (κ1) is 15.3. The highest BCUT2D eigenvalue weighted by atomic mass is 32.2. The summed E-state index contributed by atoms with van der Waals surface area (Å²) in [6, 6.07) is 1.82. The van der Waals surface area contributed by atoms with E-state index in [1.165, 1.54) is 0 Å². The molecule has 1 saturated carbocycles. The van der Waals surface area contributed by atoms with E-state index in [0.29, 0.717) is 31.1 Å². The molecule has 1 aromatic carbocycles. The first-order valence-electron chi connectivity index (χ1n) is 6.28. The predicted molar refractivity (Wildman–Crippen MR) is 67.1 cm³/mol. The van der Waals surface area contributed by atoms with Crippen molar-refractivity contribution in [2.24, 2.45) is 0 Å². The Morgan fingerprint density at radius 3 is 2.45 bits per heavy atom. The summed E-state index contributed by atoms with van der Waals surface area (Å²) in [6.07, 6.45) is 2.79. The molecule has 1 aromatic rings. The van der Waals surface area contributed by atoms with E-state index in [2.05, 4.69) is 10.0 Å². The summed E-state index contributed by atoms with van der Waals surface area (Å²) in [7, 11) is -4.17. The smallest absolute Gasteiger partial charge is 0.243 e. The van der Waals surface area contributed by atoms with Gasteiger partial charge in [0.2, 0.25) is 10.0 Å². The maximum atomic E-state index is 13.4. The number of halogens is 3. The van der Waals surface area contributed by atoms with E-state index in [1.807, 2.05) is 0 Å². The van der Waals surface area contributed by atoms with Gasteiger partial charge in [0, 0.05) is 12.6 Å². The van der Waals surface area contributed by atoms with E-state index < -0.39 is 32.4 Å². The van der Waals surface area contributed by atoms with Gasteiger partial charge < -0.3 is 5.32 Å². The normalized spacial score (nSPS) is 15.6. The molecule has 2 N–H and O–H groups in total. The minimum atomic E-state index is -4.17. The van der Waals surface area contributed by atoms with Gasteiger partial charge in [-0.3, -0.25) is 0 Å². The number of hydrogen-bond acceptors (Lipinski definition) is 3. The first-order chi connectivity index (χ1) is 9.42. The van der Waals surface area contributed by atoms with Crippen LogP contribution < -0.4 is 10.0 Å². The van der Waals surface area contributed by atoms with Gasteiger partial charge in [0.15, 0.2) is 17.5 Å². The third-order valence-electron chi connectivity index (χ3n) is 2.95. The highest BCUT2D eigenvalue weighted by molar-refractivity contribution is 7.89. The van der Waals surface area contributed by atoms with Crippen LogP contribution in [0.2, 0.25) is 0 Å². The van der Waals surface area contributed by atoms with Crippen LogP contribution in [0.25, 0.3) is 0 Å². The second kappa shape index (κ2) is 6.11. The zero-order chi connectivity index (χ0) is 14.8. The van der Waals surface area contributed by atoms with Crippen molar-refractivity contribution in [3.8, 4) is 0 Å². The Morgan fingerprint density at radius 2 is 1.80 bits per heavy atom. The number of sulfonamides is 1. The molecule has 0 aromatic heterocycles. The van der Waals surface area contributed by atoms with Crippen molar-refractivity contribution in [3.05, 3.63) is 29.6 Å². The fraction of sp³-hybridized carbons (Fsp3) is 0.500. The number of rotatable bonds is 7. The Morgan fingerprint density at radius 1 is 1.10 bits per heavy atom. The molecule has 0 saturated heterocycles. The molecule has 0 spiro atoms. The molecule has 8 heteroatoms. The van der Waals surface area contributed by atoms with Crippen molar-refractivity contribution >= 4 is 10.0 Å². The molecule has 1 aliphatic carbocycles. The number of nitrogens with one attached hydrogen (secondary N) is 2. The minimum Gasteiger partial charge on any atom is -0.314 e. The van der Waals surface area contributed by atoms with Crippen LogP contribution in [-0.4, -0.2) is 27.5 Å². The topological polar surface area (TPSA) is 58.2 Å². The van der Waals surface area contributed by atoms with E-state index in [0.717, 1.165) is 12.8 Å². The Kier molecular flexibility index (Phi) is 4.66. The molecule has 0 unspecified atom stereocenters. The summed E-state index contributed by atoms with van der Waals surface area (Å²) in [5.74, 6) is -4.91. The van der Waals surface area contributed by atoms with Crippen molar-refractivity contribution in [1.29, 1.82) is 0 Å². The fourth-order valence-corrected chi connectivity index (χ4v) is 2.82. The lowest BCUT2D eigenvalue weighted by Gasteiger charge is -2.08. The molecule has 0 atom stereocenters. The van der Waals surface area contributed by atoms with Crippen molar-refractivity contribution < 1.29 is 21.6 Å². The number of benzene rings is 1. The fourth-order valence-electron chi connectivity index (χ4n) is 1.68. The SMILES string of the molecule is O=S(=O)(NCCCNC1CC1)c1ccc(F)c(F)c1F. The largest absolute Gasteiger partial charge is 0.314 e. The van der Waals surface area contributed by atoms with Crippen LogP contribution in [0.5, 0.6) is 0 Å². The quantitative estimate of drug-likeness (QED) is 0.593. The van der Waals surface area contributed by atoms with Gasteiger partial charge in [-0.1, -0.05) is 0 Å². The van der Waals surface area contributed by atoms with Crippen molar-refractivity contribution in [3.63, 3.8) is 0 Å². The third-order valence-corrected chi connectivity index (χ3v) is 4.42. The summed E-state index contributed by atoms with van der Waals surface area (Å²) in [4.78, 5) is -0.883. The van der Waals surface area contributed by atoms with E-state index >= 15 is 0 Å². The lowest BCUT2D eigenvalue weighted by atomic mass is 10.3. The van der Waals surface area contributed by atoms with Crippen LogP contribution in [-0.2, 0) is 10.0 Å². The predicted octanol–water partition coefficient (Wildman–Crippen LogP) is 1.52. The third kappa shape index (κ3) is 3.71. The van der Waals surface area contributed by atoms with E-state index in [-0.39, 0.29) is 6.54 Å². The van der Waals surface area contributed by atoms with Crippen LogP contribution in [0.1, 0.15) is 19.3 Å². The van der Waals surface area contributed by atoms with Gasteiger partial charge in [0.05, 0.1) is 0 Å². The lowest BCUT2D eigenvalue weighted by Crippen LogP contribution is -2.29. The lowest BCUT2D eigenvalue weighted by molar-refractivity contribution is 0.431. The van der Waals surface area contributed by atoms with Crippen LogP contribution in [0, 0.1) is 17.5 Å². The highest BCUT2D eigenvalue weighted by Crippen LogP contribution is 2.19. The molecular weight excluding hydrogens is 293 g/mol. The Hall–Kier alpha value is -1.12. The molecule has 0 aliphatic heterocycles. The zero-order valence-corrected chi connectivity index (χ0v) is 11.4. The van der Waals surface area contributed by atoms with E-state index in [4.69, 9.17) is 0 Å². The van der Waals surface area contributed by atoms with Crippen molar-refractivity contribution in [1.82, 2.24) is 10.0 Å². The van der Waals surface area contributed by atoms with Crippen LogP contribution in [0.15, 0.2) is 17.0 Å². The summed E-state index contributed by atoms with van der Waals surface area (Å²) in [6.45, 7) is 0.744. The maximum absolute atomic E-state index is 13.4. The highest BCUT2D eigenvalue weighted by Gasteiger charge is 2.24. The van der Waals surface area contributed by atoms with Gasteiger partial charge >= 0.3 is 0 Å². The summed E-state index contributed by atoms with van der Waals surface area (Å²) in [5.41, 5.74) is 0. The molecule has 20 heavy (non-hydrogen) atoms. The number of hydrogen-bond donors (Lipinski definition) is 2. The van der Waals surface area contributed by atoms with Gasteiger partial charge in [-0.15, -0.1) is 0 Å². The summed E-state index contributed by atoms with van der Waals surface area (Å²) in [5, 5.41) is 3.19. The van der Waals surface area contributed by atoms with Crippen LogP contribution in [0.3, 0.4) is 0 Å². The monoisotopic (exact) mass is 308 g/mol. The standard InChI is InChI=1S/C12H15F3N2O2S/c13-9-4-5-10(12(15)11(9)14)20(18,19)17-7-1-6-16-8-2-3-8/h4-5,8,16-17H,1-3,6-7H2. The molecule has 0 radical (unpaired) electrons. The Bertz CT molecular complexity index is 589. The molecule has 1 fully saturated rings. The van der Waals surface area contributed by atoms with Gasteiger partial charge in [-0.2, -0.15) is 0 Å². The molecule has 0 heterocycles. The molecule has 1 aliphatic rings. The van der Waals surface area contributed by atoms with E-state index in [1.54, 1.807) is 0 Å². The van der Waals surface area contributed by atoms with Crippen molar-refractivity contribution in [2.75, 3.05) is 13.1 Å². The molecule has 2 rings (SSSR count). The van der Waals surface area contributed by atoms with Crippen LogP contribution in [0.4, 0.5) is 13.2 Å². The Labute approximate surface area is 115 Å². The second-order valence-corrected chi connectivity index (χ2v) is 6.39. The molecular formula is C12H15F3N2O2S. The summed E-state index contributed by atoms with van der Waals surface area (Å²) >= 11 is 0. The summed E-state index contributed by atoms with van der Waals surface area (Å²) < 4.78 is 64.8. The molecule has 112 valence electrons. The first-order valence-corrected chi connectivity index (χ1v) is 7.76. The second-order valence-electron chi connectivity index (χ2n) is 4.65.